The maximum Gasteiger partial charge on any atom is 0.0636 e. The van der Waals surface area contributed by atoms with Gasteiger partial charge in [0.1, 0.15) is 0 Å². The van der Waals surface area contributed by atoms with Crippen molar-refractivity contribution in [2.24, 2.45) is 16.6 Å². The third-order valence-electron chi connectivity index (χ3n) is 3.47. The maximum absolute atomic E-state index is 9.23. The van der Waals surface area contributed by atoms with Crippen LogP contribution in [0.5, 0.6) is 0 Å². The molecule has 1 rings (SSSR count). The third-order valence-corrected chi connectivity index (χ3v) is 3.47. The van der Waals surface area contributed by atoms with Crippen molar-refractivity contribution < 1.29 is 5.11 Å². The predicted molar refractivity (Wildman–Crippen MR) is 68.3 cm³/mol. The Kier molecular flexibility index (Phi) is 4.38. The van der Waals surface area contributed by atoms with Crippen LogP contribution in [-0.2, 0) is 0 Å². The highest BCUT2D eigenvalue weighted by molar-refractivity contribution is 4.94. The van der Waals surface area contributed by atoms with Crippen LogP contribution in [0.4, 0.5) is 0 Å². The van der Waals surface area contributed by atoms with Gasteiger partial charge in [0.05, 0.1) is 6.10 Å². The number of hydrogen-bond acceptors (Lipinski definition) is 3. The van der Waals surface area contributed by atoms with E-state index in [1.165, 1.54) is 6.42 Å². The molecule has 1 aliphatic rings. The largest absolute Gasteiger partial charge is 0.392 e. The van der Waals surface area contributed by atoms with Crippen molar-refractivity contribution in [3.8, 4) is 0 Å². The molecule has 4 N–H and O–H groups in total. The quantitative estimate of drug-likeness (QED) is 0.683. The number of rotatable bonds is 4. The van der Waals surface area contributed by atoms with Gasteiger partial charge in [0, 0.05) is 19.1 Å². The van der Waals surface area contributed by atoms with Crippen molar-refractivity contribution in [2.45, 2.75) is 59.1 Å². The maximum atomic E-state index is 9.23. The van der Waals surface area contributed by atoms with Crippen molar-refractivity contribution in [3.05, 3.63) is 0 Å². The second-order valence-corrected chi connectivity index (χ2v) is 6.80. The molecule has 0 aliphatic heterocycles. The topological polar surface area (TPSA) is 58.3 Å². The number of hydrogen-bond donors (Lipinski definition) is 3. The zero-order valence-electron chi connectivity index (χ0n) is 11.2. The number of aliphatic hydroxyl groups is 1. The average Bonchev–Trinajstić information content (AvgIpc) is 1.96. The van der Waals surface area contributed by atoms with Crippen molar-refractivity contribution in [1.29, 1.82) is 0 Å². The summed E-state index contributed by atoms with van der Waals surface area (Å²) in [6.45, 7) is 10.4. The smallest absolute Gasteiger partial charge is 0.0636 e. The normalized spacial score (nSPS) is 36.0. The Hall–Kier alpha value is -0.120. The monoisotopic (exact) mass is 228 g/mol. The summed E-state index contributed by atoms with van der Waals surface area (Å²) in [7, 11) is 0. The predicted octanol–water partition coefficient (Wildman–Crippen LogP) is 1.50. The van der Waals surface area contributed by atoms with E-state index in [9.17, 15) is 5.11 Å². The molecule has 0 heterocycles. The molecule has 1 saturated carbocycles. The van der Waals surface area contributed by atoms with Gasteiger partial charge in [0.2, 0.25) is 0 Å². The first-order valence-electron chi connectivity index (χ1n) is 6.37. The second-order valence-electron chi connectivity index (χ2n) is 6.80. The summed E-state index contributed by atoms with van der Waals surface area (Å²) in [5.41, 5.74) is 6.76. The summed E-state index contributed by atoms with van der Waals surface area (Å²) in [5.74, 6) is 0. The minimum atomic E-state index is -0.270. The van der Waals surface area contributed by atoms with Crippen LogP contribution in [0.1, 0.15) is 47.0 Å². The van der Waals surface area contributed by atoms with Gasteiger partial charge in [0.15, 0.2) is 0 Å². The van der Waals surface area contributed by atoms with Crippen molar-refractivity contribution in [2.75, 3.05) is 13.1 Å². The molecule has 0 aromatic heterocycles. The van der Waals surface area contributed by atoms with E-state index in [0.29, 0.717) is 18.0 Å². The van der Waals surface area contributed by atoms with Crippen molar-refractivity contribution in [3.63, 3.8) is 0 Å². The summed E-state index contributed by atoms with van der Waals surface area (Å²) in [6.07, 6.45) is 3.15. The van der Waals surface area contributed by atoms with Crippen molar-refractivity contribution >= 4 is 0 Å². The summed E-state index contributed by atoms with van der Waals surface area (Å²) in [6, 6.07) is 0.321. The highest BCUT2D eigenvalue weighted by Crippen LogP contribution is 2.45. The van der Waals surface area contributed by atoms with Gasteiger partial charge in [-0.05, 0) is 37.0 Å². The molecule has 0 bridgehead atoms. The lowest BCUT2D eigenvalue weighted by atomic mass is 9.63. The minimum absolute atomic E-state index is 0.270. The minimum Gasteiger partial charge on any atom is -0.392 e. The molecule has 0 saturated heterocycles. The highest BCUT2D eigenvalue weighted by atomic mass is 16.3. The third kappa shape index (κ3) is 4.40. The lowest BCUT2D eigenvalue weighted by Crippen LogP contribution is -2.47. The van der Waals surface area contributed by atoms with Gasteiger partial charge in [-0.25, -0.2) is 0 Å². The van der Waals surface area contributed by atoms with Crippen LogP contribution in [0.3, 0.4) is 0 Å². The van der Waals surface area contributed by atoms with E-state index in [2.05, 4.69) is 26.1 Å². The lowest BCUT2D eigenvalue weighted by Gasteiger charge is -2.46. The van der Waals surface area contributed by atoms with Crippen LogP contribution < -0.4 is 11.1 Å². The Bertz CT molecular complexity index is 228. The molecule has 1 aliphatic carbocycles. The van der Waals surface area contributed by atoms with Crippen LogP contribution >= 0.6 is 0 Å². The molecular weight excluding hydrogens is 200 g/mol. The van der Waals surface area contributed by atoms with E-state index in [-0.39, 0.29) is 11.5 Å². The Morgan fingerprint density at radius 2 is 2.00 bits per heavy atom. The van der Waals surface area contributed by atoms with E-state index in [4.69, 9.17) is 5.73 Å². The van der Waals surface area contributed by atoms with E-state index < -0.39 is 0 Å². The van der Waals surface area contributed by atoms with E-state index in [1.807, 2.05) is 6.92 Å². The van der Waals surface area contributed by atoms with Gasteiger partial charge >= 0.3 is 0 Å². The zero-order chi connectivity index (χ0) is 12.4. The molecule has 96 valence electrons. The van der Waals surface area contributed by atoms with Crippen LogP contribution in [0.2, 0.25) is 0 Å². The Morgan fingerprint density at radius 1 is 1.38 bits per heavy atom. The summed E-state index contributed by atoms with van der Waals surface area (Å²) >= 11 is 0. The van der Waals surface area contributed by atoms with Gasteiger partial charge in [-0.1, -0.05) is 20.8 Å². The Morgan fingerprint density at radius 3 is 2.50 bits per heavy atom. The molecule has 0 amide bonds. The van der Waals surface area contributed by atoms with Crippen LogP contribution in [0, 0.1) is 10.8 Å². The molecule has 3 heteroatoms. The summed E-state index contributed by atoms with van der Waals surface area (Å²) in [4.78, 5) is 0. The number of nitrogens with one attached hydrogen (secondary N) is 1. The van der Waals surface area contributed by atoms with Gasteiger partial charge in [-0.2, -0.15) is 0 Å². The fraction of sp³-hybridized carbons (Fsp3) is 1.00. The highest BCUT2D eigenvalue weighted by Gasteiger charge is 2.39. The SMILES string of the molecule is CC(O)CNCC1(C)CC(N)CC(C)(C)C1. The molecule has 0 spiro atoms. The molecule has 3 nitrogen and oxygen atoms in total. The second kappa shape index (κ2) is 5.03. The van der Waals surface area contributed by atoms with Crippen LogP contribution in [0.15, 0.2) is 0 Å². The molecule has 3 atom stereocenters. The first kappa shape index (κ1) is 13.9. The summed E-state index contributed by atoms with van der Waals surface area (Å²) in [5, 5.41) is 12.6. The molecule has 0 radical (unpaired) electrons. The molecule has 3 unspecified atom stereocenters. The summed E-state index contributed by atoms with van der Waals surface area (Å²) < 4.78 is 0. The standard InChI is InChI=1S/C13H28N2O/c1-10(16)7-15-9-13(4)6-11(14)5-12(2,3)8-13/h10-11,15-16H,5-9,14H2,1-4H3. The first-order chi connectivity index (χ1) is 7.22. The molecular formula is C13H28N2O. The fourth-order valence-corrected chi connectivity index (χ4v) is 3.43. The number of aliphatic hydroxyl groups excluding tert-OH is 1. The fourth-order valence-electron chi connectivity index (χ4n) is 3.43. The Labute approximate surface area is 99.8 Å². The van der Waals surface area contributed by atoms with Crippen LogP contribution in [0.25, 0.3) is 0 Å². The molecule has 1 fully saturated rings. The van der Waals surface area contributed by atoms with Crippen molar-refractivity contribution in [1.82, 2.24) is 5.32 Å². The van der Waals surface area contributed by atoms with Gasteiger partial charge in [-0.3, -0.25) is 0 Å². The first-order valence-corrected chi connectivity index (χ1v) is 6.37. The average molecular weight is 228 g/mol. The molecule has 0 aromatic carbocycles. The van der Waals surface area contributed by atoms with Gasteiger partial charge in [0.25, 0.3) is 0 Å². The zero-order valence-corrected chi connectivity index (χ0v) is 11.2. The number of nitrogens with two attached hydrogens (primary N) is 1. The lowest BCUT2D eigenvalue weighted by molar-refractivity contribution is 0.0790. The molecule has 16 heavy (non-hydrogen) atoms. The van der Waals surface area contributed by atoms with Gasteiger partial charge in [-0.15, -0.1) is 0 Å². The van der Waals surface area contributed by atoms with Crippen LogP contribution in [-0.4, -0.2) is 30.3 Å². The van der Waals surface area contributed by atoms with E-state index >= 15 is 0 Å². The Balaban J connectivity index is 2.48. The van der Waals surface area contributed by atoms with E-state index in [0.717, 1.165) is 19.4 Å². The van der Waals surface area contributed by atoms with Gasteiger partial charge < -0.3 is 16.2 Å². The van der Waals surface area contributed by atoms with E-state index in [1.54, 1.807) is 0 Å². The molecule has 0 aromatic rings.